The summed E-state index contributed by atoms with van der Waals surface area (Å²) in [5.41, 5.74) is 7.68. The summed E-state index contributed by atoms with van der Waals surface area (Å²) >= 11 is 0. The average Bonchev–Trinajstić information content (AvgIpc) is 2.89. The fourth-order valence-electron chi connectivity index (χ4n) is 5.13. The molecule has 0 aromatic heterocycles. The first-order valence-electron chi connectivity index (χ1n) is 10.9. The van der Waals surface area contributed by atoms with Gasteiger partial charge in [-0.1, -0.05) is 32.1 Å². The molecule has 1 aromatic rings. The zero-order valence-electron chi connectivity index (χ0n) is 17.6. The predicted octanol–water partition coefficient (Wildman–Crippen LogP) is 4.08. The number of piperidine rings is 1. The van der Waals surface area contributed by atoms with E-state index in [-0.39, 0.29) is 5.91 Å². The second-order valence-corrected chi connectivity index (χ2v) is 9.47. The highest BCUT2D eigenvalue weighted by Gasteiger charge is 2.40. The fraction of sp³-hybridized carbons (Fsp3) is 0.625. The van der Waals surface area contributed by atoms with Crippen LogP contribution in [0, 0.1) is 5.41 Å². The van der Waals surface area contributed by atoms with E-state index in [2.05, 4.69) is 36.7 Å². The third kappa shape index (κ3) is 5.24. The summed E-state index contributed by atoms with van der Waals surface area (Å²) in [4.78, 5) is 14.3. The standard InChI is InChI=1S/C24H37N3O/c1-4-11-24(2,3)17-26-12-6-13-27-21-9-10-22(27)16-20(15-21)18-7-5-8-19(14-18)23(25)28/h4-5,7-8,14,20-22,26H,1,6,9-13,15-17H2,2-3H3,(H2,25,28)/t20?,21-,22+. The largest absolute Gasteiger partial charge is 0.366 e. The van der Waals surface area contributed by atoms with E-state index in [0.717, 1.165) is 19.5 Å². The van der Waals surface area contributed by atoms with Gasteiger partial charge in [-0.3, -0.25) is 9.69 Å². The van der Waals surface area contributed by atoms with Crippen LogP contribution in [0.15, 0.2) is 36.9 Å². The number of nitrogens with zero attached hydrogens (tertiary/aromatic N) is 1. The lowest BCUT2D eigenvalue weighted by Crippen LogP contribution is -2.43. The van der Waals surface area contributed by atoms with Gasteiger partial charge in [-0.05, 0) is 80.6 Å². The average molecular weight is 384 g/mol. The van der Waals surface area contributed by atoms with Crippen molar-refractivity contribution >= 4 is 5.91 Å². The van der Waals surface area contributed by atoms with Crippen molar-refractivity contribution in [2.45, 2.75) is 70.4 Å². The van der Waals surface area contributed by atoms with Gasteiger partial charge in [0.1, 0.15) is 0 Å². The van der Waals surface area contributed by atoms with E-state index in [4.69, 9.17) is 5.73 Å². The highest BCUT2D eigenvalue weighted by atomic mass is 16.1. The van der Waals surface area contributed by atoms with Gasteiger partial charge in [0, 0.05) is 24.2 Å². The lowest BCUT2D eigenvalue weighted by molar-refractivity contribution is 0.1000. The second kappa shape index (κ2) is 9.23. The summed E-state index contributed by atoms with van der Waals surface area (Å²) in [6, 6.07) is 9.36. The quantitative estimate of drug-likeness (QED) is 0.473. The first kappa shape index (κ1) is 21.1. The lowest BCUT2D eigenvalue weighted by Gasteiger charge is -2.39. The molecule has 2 aliphatic rings. The molecule has 0 saturated carbocycles. The highest BCUT2D eigenvalue weighted by Crippen LogP contribution is 2.43. The number of hydrogen-bond acceptors (Lipinski definition) is 3. The molecule has 2 heterocycles. The monoisotopic (exact) mass is 383 g/mol. The van der Waals surface area contributed by atoms with Crippen LogP contribution in [0.1, 0.15) is 74.2 Å². The van der Waals surface area contributed by atoms with Gasteiger partial charge in [-0.15, -0.1) is 6.58 Å². The Hall–Kier alpha value is -1.65. The molecule has 3 N–H and O–H groups in total. The van der Waals surface area contributed by atoms with E-state index in [1.54, 1.807) is 0 Å². The summed E-state index contributed by atoms with van der Waals surface area (Å²) in [5.74, 6) is 0.233. The van der Waals surface area contributed by atoms with Gasteiger partial charge < -0.3 is 11.1 Å². The summed E-state index contributed by atoms with van der Waals surface area (Å²) in [6.07, 6.45) is 9.32. The number of nitrogens with two attached hydrogens (primary N) is 1. The Labute approximate surface area is 170 Å². The number of carbonyl (C=O) groups is 1. The molecule has 0 spiro atoms. The molecule has 28 heavy (non-hydrogen) atoms. The molecule has 2 fully saturated rings. The molecular formula is C24H37N3O. The Morgan fingerprint density at radius 1 is 1.32 bits per heavy atom. The van der Waals surface area contributed by atoms with Gasteiger partial charge in [0.2, 0.25) is 5.91 Å². The van der Waals surface area contributed by atoms with Crippen molar-refractivity contribution in [3.8, 4) is 0 Å². The molecule has 0 aliphatic carbocycles. The number of primary amides is 1. The summed E-state index contributed by atoms with van der Waals surface area (Å²) in [6.45, 7) is 11.8. The molecular weight excluding hydrogens is 346 g/mol. The molecule has 1 aromatic carbocycles. The summed E-state index contributed by atoms with van der Waals surface area (Å²) < 4.78 is 0. The van der Waals surface area contributed by atoms with Gasteiger partial charge in [0.05, 0.1) is 0 Å². The zero-order valence-corrected chi connectivity index (χ0v) is 17.6. The molecule has 1 unspecified atom stereocenters. The molecule has 4 heteroatoms. The van der Waals surface area contributed by atoms with Crippen molar-refractivity contribution in [1.82, 2.24) is 10.2 Å². The number of allylic oxidation sites excluding steroid dienone is 1. The Morgan fingerprint density at radius 3 is 2.68 bits per heavy atom. The van der Waals surface area contributed by atoms with Gasteiger partial charge in [0.15, 0.2) is 0 Å². The van der Waals surface area contributed by atoms with E-state index in [9.17, 15) is 4.79 Å². The molecule has 2 bridgehead atoms. The molecule has 3 atom stereocenters. The van der Waals surface area contributed by atoms with E-state index < -0.39 is 0 Å². The number of hydrogen-bond donors (Lipinski definition) is 2. The first-order valence-corrected chi connectivity index (χ1v) is 10.9. The third-order valence-corrected chi connectivity index (χ3v) is 6.60. The highest BCUT2D eigenvalue weighted by molar-refractivity contribution is 5.92. The number of nitrogens with one attached hydrogen (secondary N) is 1. The van der Waals surface area contributed by atoms with Crippen LogP contribution in [0.25, 0.3) is 0 Å². The number of benzene rings is 1. The van der Waals surface area contributed by atoms with Crippen molar-refractivity contribution in [2.75, 3.05) is 19.6 Å². The molecule has 4 nitrogen and oxygen atoms in total. The fourth-order valence-corrected chi connectivity index (χ4v) is 5.13. The molecule has 154 valence electrons. The zero-order chi connectivity index (χ0) is 20.1. The van der Waals surface area contributed by atoms with Crippen LogP contribution in [0.2, 0.25) is 0 Å². The van der Waals surface area contributed by atoms with Gasteiger partial charge in [0.25, 0.3) is 0 Å². The second-order valence-electron chi connectivity index (χ2n) is 9.47. The minimum atomic E-state index is -0.328. The Balaban J connectivity index is 1.47. The molecule has 1 amide bonds. The maximum atomic E-state index is 11.5. The lowest BCUT2D eigenvalue weighted by atomic mass is 9.84. The third-order valence-electron chi connectivity index (χ3n) is 6.60. The Bertz CT molecular complexity index is 670. The molecule has 3 rings (SSSR count). The van der Waals surface area contributed by atoms with Crippen LogP contribution in [0.4, 0.5) is 0 Å². The molecule has 2 saturated heterocycles. The van der Waals surface area contributed by atoms with Crippen LogP contribution in [-0.4, -0.2) is 42.5 Å². The first-order chi connectivity index (χ1) is 13.4. The number of fused-ring (bicyclic) bond motifs is 2. The Morgan fingerprint density at radius 2 is 2.04 bits per heavy atom. The maximum absolute atomic E-state index is 11.5. The van der Waals surface area contributed by atoms with E-state index in [1.165, 1.54) is 44.2 Å². The van der Waals surface area contributed by atoms with Crippen LogP contribution < -0.4 is 11.1 Å². The van der Waals surface area contributed by atoms with Crippen molar-refractivity contribution in [3.63, 3.8) is 0 Å². The van der Waals surface area contributed by atoms with E-state index in [0.29, 0.717) is 29.0 Å². The maximum Gasteiger partial charge on any atom is 0.248 e. The van der Waals surface area contributed by atoms with Crippen molar-refractivity contribution in [3.05, 3.63) is 48.0 Å². The van der Waals surface area contributed by atoms with E-state index >= 15 is 0 Å². The van der Waals surface area contributed by atoms with Crippen molar-refractivity contribution < 1.29 is 4.79 Å². The number of rotatable bonds is 10. The topological polar surface area (TPSA) is 58.4 Å². The summed E-state index contributed by atoms with van der Waals surface area (Å²) in [7, 11) is 0. The smallest absolute Gasteiger partial charge is 0.248 e. The van der Waals surface area contributed by atoms with Gasteiger partial charge in [-0.25, -0.2) is 0 Å². The SMILES string of the molecule is C=CCC(C)(C)CNCCCN1[C@@H]2CC[C@H]1CC(c1cccc(C(N)=O)c1)C2. The predicted molar refractivity (Wildman–Crippen MR) is 117 cm³/mol. The normalized spacial score (nSPS) is 25.0. The Kier molecular flexibility index (Phi) is 6.95. The van der Waals surface area contributed by atoms with E-state index in [1.807, 2.05) is 24.3 Å². The van der Waals surface area contributed by atoms with Gasteiger partial charge in [-0.2, -0.15) is 0 Å². The molecule has 0 radical (unpaired) electrons. The van der Waals surface area contributed by atoms with Gasteiger partial charge >= 0.3 is 0 Å². The van der Waals surface area contributed by atoms with Crippen LogP contribution >= 0.6 is 0 Å². The minimum absolute atomic E-state index is 0.290. The van der Waals surface area contributed by atoms with Crippen molar-refractivity contribution in [2.24, 2.45) is 11.1 Å². The number of carbonyl (C=O) groups excluding carboxylic acids is 1. The van der Waals surface area contributed by atoms with Crippen LogP contribution in [0.5, 0.6) is 0 Å². The number of amides is 1. The van der Waals surface area contributed by atoms with Crippen LogP contribution in [-0.2, 0) is 0 Å². The summed E-state index contributed by atoms with van der Waals surface area (Å²) in [5, 5.41) is 3.63. The minimum Gasteiger partial charge on any atom is -0.366 e. The molecule has 2 aliphatic heterocycles. The van der Waals surface area contributed by atoms with Crippen LogP contribution in [0.3, 0.4) is 0 Å². The van der Waals surface area contributed by atoms with Crippen molar-refractivity contribution in [1.29, 1.82) is 0 Å².